The Hall–Kier alpha value is -1.95. The Morgan fingerprint density at radius 1 is 1.32 bits per heavy atom. The molecule has 0 atom stereocenters. The van der Waals surface area contributed by atoms with Gasteiger partial charge in [-0.05, 0) is 28.5 Å². The first-order valence-electron chi connectivity index (χ1n) is 6.10. The lowest BCUT2D eigenvalue weighted by atomic mass is 10.2. The minimum absolute atomic E-state index is 0.677. The van der Waals surface area contributed by atoms with Gasteiger partial charge in [0.25, 0.3) is 0 Å². The minimum Gasteiger partial charge on any atom is -0.339 e. The largest absolute Gasteiger partial charge is 0.339 e. The van der Waals surface area contributed by atoms with Gasteiger partial charge < -0.3 is 4.52 Å². The van der Waals surface area contributed by atoms with Crippen LogP contribution in [0.4, 0.5) is 0 Å². The van der Waals surface area contributed by atoms with Gasteiger partial charge in [0, 0.05) is 32.5 Å². The second kappa shape index (κ2) is 5.36. The van der Waals surface area contributed by atoms with Crippen LogP contribution < -0.4 is 0 Å². The maximum absolute atomic E-state index is 5.25. The number of aryl methyl sites for hydroxylation is 3. The summed E-state index contributed by atoms with van der Waals surface area (Å²) in [5.41, 5.74) is 2.27. The van der Waals surface area contributed by atoms with Crippen LogP contribution in [0.15, 0.2) is 33.6 Å². The van der Waals surface area contributed by atoms with Crippen LogP contribution in [0.1, 0.15) is 23.0 Å². The van der Waals surface area contributed by atoms with E-state index in [2.05, 4.69) is 32.1 Å². The predicted molar refractivity (Wildman–Crippen MR) is 72.0 cm³/mol. The highest BCUT2D eigenvalue weighted by Crippen LogP contribution is 2.11. The normalized spacial score (nSPS) is 11.0. The van der Waals surface area contributed by atoms with Crippen molar-refractivity contribution in [1.82, 2.24) is 19.9 Å². The fraction of sp³-hybridized carbons (Fsp3) is 0.308. The van der Waals surface area contributed by atoms with E-state index in [0.29, 0.717) is 5.89 Å². The topological polar surface area (TPSA) is 56.7 Å². The molecule has 0 bridgehead atoms. The SMILES string of the molecule is Cn1ccc(CCc2nc(Cc3ccsc3)no2)n1. The lowest BCUT2D eigenvalue weighted by molar-refractivity contribution is 0.373. The van der Waals surface area contributed by atoms with Gasteiger partial charge in [-0.3, -0.25) is 4.68 Å². The first kappa shape index (κ1) is 12.1. The van der Waals surface area contributed by atoms with Crippen LogP contribution in [0.5, 0.6) is 0 Å². The summed E-state index contributed by atoms with van der Waals surface area (Å²) in [6, 6.07) is 4.08. The van der Waals surface area contributed by atoms with Crippen LogP contribution in [-0.2, 0) is 26.3 Å². The van der Waals surface area contributed by atoms with Gasteiger partial charge in [-0.1, -0.05) is 5.16 Å². The highest BCUT2D eigenvalue weighted by atomic mass is 32.1. The third-order valence-corrected chi connectivity index (χ3v) is 3.55. The van der Waals surface area contributed by atoms with Crippen molar-refractivity contribution in [3.8, 4) is 0 Å². The van der Waals surface area contributed by atoms with Crippen molar-refractivity contribution in [2.45, 2.75) is 19.3 Å². The Morgan fingerprint density at radius 3 is 3.00 bits per heavy atom. The Kier molecular flexibility index (Phi) is 3.41. The number of aromatic nitrogens is 4. The van der Waals surface area contributed by atoms with Crippen LogP contribution in [0.25, 0.3) is 0 Å². The van der Waals surface area contributed by atoms with Gasteiger partial charge >= 0.3 is 0 Å². The van der Waals surface area contributed by atoms with E-state index in [1.54, 1.807) is 16.0 Å². The monoisotopic (exact) mass is 274 g/mol. The zero-order valence-electron chi connectivity index (χ0n) is 10.6. The fourth-order valence-electron chi connectivity index (χ4n) is 1.87. The molecule has 0 saturated carbocycles. The molecule has 98 valence electrons. The molecule has 3 aromatic heterocycles. The zero-order valence-corrected chi connectivity index (χ0v) is 11.4. The molecule has 0 fully saturated rings. The molecular weight excluding hydrogens is 260 g/mol. The molecule has 0 spiro atoms. The van der Waals surface area contributed by atoms with Gasteiger partial charge in [-0.2, -0.15) is 21.4 Å². The summed E-state index contributed by atoms with van der Waals surface area (Å²) in [6.07, 6.45) is 4.22. The van der Waals surface area contributed by atoms with E-state index >= 15 is 0 Å². The standard InChI is InChI=1S/C13H14N4OS/c1-17-6-4-11(15-17)2-3-13-14-12(16-18-13)8-10-5-7-19-9-10/h4-7,9H,2-3,8H2,1H3. The van der Waals surface area contributed by atoms with Crippen LogP contribution >= 0.6 is 11.3 Å². The highest BCUT2D eigenvalue weighted by molar-refractivity contribution is 7.07. The van der Waals surface area contributed by atoms with Gasteiger partial charge in [0.1, 0.15) is 0 Å². The first-order chi connectivity index (χ1) is 9.29. The number of hydrogen-bond donors (Lipinski definition) is 0. The van der Waals surface area contributed by atoms with Crippen molar-refractivity contribution in [2.24, 2.45) is 7.05 Å². The summed E-state index contributed by atoms with van der Waals surface area (Å²) < 4.78 is 7.05. The summed E-state index contributed by atoms with van der Waals surface area (Å²) >= 11 is 1.68. The van der Waals surface area contributed by atoms with Gasteiger partial charge in [0.05, 0.1) is 5.69 Å². The van der Waals surface area contributed by atoms with Crippen molar-refractivity contribution in [3.05, 3.63) is 52.1 Å². The van der Waals surface area contributed by atoms with E-state index in [-0.39, 0.29) is 0 Å². The first-order valence-corrected chi connectivity index (χ1v) is 7.05. The van der Waals surface area contributed by atoms with E-state index in [0.717, 1.165) is 30.8 Å². The van der Waals surface area contributed by atoms with Crippen molar-refractivity contribution < 1.29 is 4.52 Å². The minimum atomic E-state index is 0.677. The fourth-order valence-corrected chi connectivity index (χ4v) is 2.54. The third-order valence-electron chi connectivity index (χ3n) is 2.82. The van der Waals surface area contributed by atoms with Crippen molar-refractivity contribution in [1.29, 1.82) is 0 Å². The molecule has 0 radical (unpaired) electrons. The summed E-state index contributed by atoms with van der Waals surface area (Å²) in [5, 5.41) is 12.5. The van der Waals surface area contributed by atoms with Crippen LogP contribution in [-0.4, -0.2) is 19.9 Å². The molecule has 0 aliphatic carbocycles. The molecule has 3 rings (SSSR count). The Balaban J connectivity index is 1.59. The second-order valence-electron chi connectivity index (χ2n) is 4.39. The van der Waals surface area contributed by atoms with Gasteiger partial charge in [0.2, 0.25) is 5.89 Å². The number of thiophene rings is 1. The average molecular weight is 274 g/mol. The predicted octanol–water partition coefficient (Wildman–Crippen LogP) is 2.24. The van der Waals surface area contributed by atoms with E-state index in [4.69, 9.17) is 4.52 Å². The quantitative estimate of drug-likeness (QED) is 0.716. The Bertz CT molecular complexity index is 641. The molecule has 3 aromatic rings. The highest BCUT2D eigenvalue weighted by Gasteiger charge is 2.08. The molecule has 0 amide bonds. The van der Waals surface area contributed by atoms with Crippen molar-refractivity contribution >= 4 is 11.3 Å². The lowest BCUT2D eigenvalue weighted by Gasteiger charge is -1.91. The molecule has 0 aromatic carbocycles. The molecule has 0 aliphatic rings. The number of rotatable bonds is 5. The number of nitrogens with zero attached hydrogens (tertiary/aromatic N) is 4. The summed E-state index contributed by atoms with van der Waals surface area (Å²) in [7, 11) is 1.91. The Labute approximate surface area is 114 Å². The molecule has 0 aliphatic heterocycles. The average Bonchev–Trinajstić information content (AvgIpc) is 3.10. The number of hydrogen-bond acceptors (Lipinski definition) is 5. The molecule has 0 unspecified atom stereocenters. The summed E-state index contributed by atoms with van der Waals surface area (Å²) in [6.45, 7) is 0. The van der Waals surface area contributed by atoms with Gasteiger partial charge in [-0.25, -0.2) is 0 Å². The van der Waals surface area contributed by atoms with E-state index < -0.39 is 0 Å². The van der Waals surface area contributed by atoms with E-state index in [1.165, 1.54) is 5.56 Å². The van der Waals surface area contributed by atoms with Crippen LogP contribution in [0, 0.1) is 0 Å². The molecule has 0 N–H and O–H groups in total. The Morgan fingerprint density at radius 2 is 2.26 bits per heavy atom. The molecule has 3 heterocycles. The zero-order chi connectivity index (χ0) is 13.1. The molecule has 0 saturated heterocycles. The van der Waals surface area contributed by atoms with Gasteiger partial charge in [-0.15, -0.1) is 0 Å². The van der Waals surface area contributed by atoms with Crippen LogP contribution in [0.2, 0.25) is 0 Å². The maximum atomic E-state index is 5.25. The third kappa shape index (κ3) is 3.08. The van der Waals surface area contributed by atoms with Gasteiger partial charge in [0.15, 0.2) is 5.82 Å². The second-order valence-corrected chi connectivity index (χ2v) is 5.17. The molecule has 19 heavy (non-hydrogen) atoms. The smallest absolute Gasteiger partial charge is 0.227 e. The van der Waals surface area contributed by atoms with E-state index in [9.17, 15) is 0 Å². The molecule has 6 heteroatoms. The van der Waals surface area contributed by atoms with Crippen molar-refractivity contribution in [2.75, 3.05) is 0 Å². The van der Waals surface area contributed by atoms with Crippen LogP contribution in [0.3, 0.4) is 0 Å². The lowest BCUT2D eigenvalue weighted by Crippen LogP contribution is -1.95. The van der Waals surface area contributed by atoms with E-state index in [1.807, 2.05) is 19.3 Å². The van der Waals surface area contributed by atoms with Crippen molar-refractivity contribution in [3.63, 3.8) is 0 Å². The maximum Gasteiger partial charge on any atom is 0.227 e. The molecule has 5 nitrogen and oxygen atoms in total. The summed E-state index contributed by atoms with van der Waals surface area (Å²) in [5.74, 6) is 1.42. The summed E-state index contributed by atoms with van der Waals surface area (Å²) in [4.78, 5) is 4.40. The molecular formula is C13H14N4OS.